The number of hydrogen-bond donors (Lipinski definition) is 2. The van der Waals surface area contributed by atoms with Crippen molar-refractivity contribution in [1.82, 2.24) is 15.1 Å². The molecule has 0 aliphatic carbocycles. The minimum absolute atomic E-state index is 0.0842. The van der Waals surface area contributed by atoms with E-state index >= 15 is 4.39 Å². The molecule has 3 aromatic rings. The predicted molar refractivity (Wildman–Crippen MR) is 99.8 cm³/mol. The maximum absolute atomic E-state index is 15.1. The van der Waals surface area contributed by atoms with Crippen molar-refractivity contribution in [1.29, 1.82) is 0 Å². The van der Waals surface area contributed by atoms with Crippen LogP contribution >= 0.6 is 0 Å². The lowest BCUT2D eigenvalue weighted by molar-refractivity contribution is 0.122. The molecule has 1 saturated heterocycles. The minimum Gasteiger partial charge on any atom is -0.362 e. The summed E-state index contributed by atoms with van der Waals surface area (Å²) < 4.78 is 36.1. The summed E-state index contributed by atoms with van der Waals surface area (Å²) in [5.41, 5.74) is 6.73. The molecule has 142 valence electrons. The number of nitrogens with zero attached hydrogens (tertiary/aromatic N) is 2. The number of rotatable bonds is 5. The van der Waals surface area contributed by atoms with Crippen LogP contribution in [0.25, 0.3) is 16.6 Å². The molecule has 0 amide bonds. The van der Waals surface area contributed by atoms with Gasteiger partial charge < -0.3 is 15.8 Å². The van der Waals surface area contributed by atoms with Crippen LogP contribution in [0.1, 0.15) is 24.0 Å². The Hall–Kier alpha value is -2.35. The lowest BCUT2D eigenvalue weighted by Crippen LogP contribution is -2.40. The Kier molecular flexibility index (Phi) is 4.90. The summed E-state index contributed by atoms with van der Waals surface area (Å²) in [4.78, 5) is 0. The van der Waals surface area contributed by atoms with Crippen LogP contribution in [0, 0.1) is 5.82 Å². The fraction of sp³-hybridized carbons (Fsp3) is 0.350. The van der Waals surface area contributed by atoms with Crippen LogP contribution in [0.15, 0.2) is 42.6 Å². The van der Waals surface area contributed by atoms with Crippen molar-refractivity contribution in [3.63, 3.8) is 0 Å². The smallest absolute Gasteiger partial charge is 0.148 e. The van der Waals surface area contributed by atoms with Crippen molar-refractivity contribution in [2.24, 2.45) is 5.73 Å². The third kappa shape index (κ3) is 3.45. The lowest BCUT2D eigenvalue weighted by atomic mass is 9.88. The Bertz CT molecular complexity index is 933. The molecule has 0 bridgehead atoms. The van der Waals surface area contributed by atoms with Crippen LogP contribution < -0.4 is 11.1 Å². The third-order valence-corrected chi connectivity index (χ3v) is 5.06. The molecule has 1 aliphatic heterocycles. The van der Waals surface area contributed by atoms with Gasteiger partial charge in [-0.25, -0.2) is 13.5 Å². The third-order valence-electron chi connectivity index (χ3n) is 5.06. The number of nitrogens with two attached hydrogens (primary N) is 1. The van der Waals surface area contributed by atoms with Gasteiger partial charge in [-0.05, 0) is 43.1 Å². The van der Waals surface area contributed by atoms with Gasteiger partial charge in [0.2, 0.25) is 0 Å². The quantitative estimate of drug-likeness (QED) is 0.676. The predicted octanol–water partition coefficient (Wildman–Crippen LogP) is 3.15. The second-order valence-electron chi connectivity index (χ2n) is 6.85. The van der Waals surface area contributed by atoms with E-state index in [1.165, 1.54) is 6.07 Å². The maximum Gasteiger partial charge on any atom is 0.148 e. The van der Waals surface area contributed by atoms with Gasteiger partial charge in [-0.15, -0.1) is 0 Å². The Morgan fingerprint density at radius 3 is 2.74 bits per heavy atom. The summed E-state index contributed by atoms with van der Waals surface area (Å²) in [7, 11) is 0. The van der Waals surface area contributed by atoms with Crippen molar-refractivity contribution in [2.45, 2.75) is 25.1 Å². The normalized spacial score (nSPS) is 20.3. The van der Waals surface area contributed by atoms with Crippen LogP contribution in [0.4, 0.5) is 8.78 Å². The molecule has 0 radical (unpaired) electrons. The molecule has 7 heteroatoms. The average molecular weight is 372 g/mol. The molecular formula is C20H22F2N4O. The Morgan fingerprint density at radius 1 is 1.22 bits per heavy atom. The molecule has 1 aromatic heterocycles. The zero-order valence-electron chi connectivity index (χ0n) is 14.9. The lowest BCUT2D eigenvalue weighted by Gasteiger charge is -2.30. The van der Waals surface area contributed by atoms with E-state index in [1.807, 2.05) is 12.1 Å². The van der Waals surface area contributed by atoms with Gasteiger partial charge in [0.05, 0.1) is 24.4 Å². The summed E-state index contributed by atoms with van der Waals surface area (Å²) in [6.45, 7) is 1.53. The van der Waals surface area contributed by atoms with E-state index < -0.39 is 5.67 Å². The average Bonchev–Trinajstić information content (AvgIpc) is 3.15. The van der Waals surface area contributed by atoms with E-state index in [4.69, 9.17) is 10.5 Å². The van der Waals surface area contributed by atoms with Crippen molar-refractivity contribution < 1.29 is 13.5 Å². The van der Waals surface area contributed by atoms with Crippen molar-refractivity contribution in [3.05, 3.63) is 59.5 Å². The summed E-state index contributed by atoms with van der Waals surface area (Å²) >= 11 is 0. The molecule has 4 rings (SSSR count). The van der Waals surface area contributed by atoms with E-state index in [1.54, 1.807) is 29.1 Å². The molecule has 0 spiro atoms. The number of aromatic nitrogens is 2. The molecule has 27 heavy (non-hydrogen) atoms. The second-order valence-corrected chi connectivity index (χ2v) is 6.85. The molecule has 5 nitrogen and oxygen atoms in total. The molecular weight excluding hydrogens is 350 g/mol. The summed E-state index contributed by atoms with van der Waals surface area (Å²) in [6.07, 6.45) is 2.97. The topological polar surface area (TPSA) is 65.1 Å². The van der Waals surface area contributed by atoms with Crippen LogP contribution in [0.3, 0.4) is 0 Å². The molecule has 2 heterocycles. The highest BCUT2D eigenvalue weighted by Gasteiger charge is 2.33. The number of nitrogens with one attached hydrogen (secondary N) is 1. The first kappa shape index (κ1) is 18.0. The zero-order chi connectivity index (χ0) is 18.9. The number of fused-ring (bicyclic) bond motifs is 1. The van der Waals surface area contributed by atoms with E-state index in [0.29, 0.717) is 29.4 Å². The number of benzene rings is 2. The Labute approximate surface area is 156 Å². The Balaban J connectivity index is 1.67. The molecule has 1 aliphatic rings. The fourth-order valence-corrected chi connectivity index (χ4v) is 3.57. The van der Waals surface area contributed by atoms with Gasteiger partial charge in [-0.2, -0.15) is 5.10 Å². The zero-order valence-corrected chi connectivity index (χ0v) is 14.9. The van der Waals surface area contributed by atoms with Crippen LogP contribution in [0.5, 0.6) is 0 Å². The van der Waals surface area contributed by atoms with Crippen LogP contribution in [-0.4, -0.2) is 29.6 Å². The van der Waals surface area contributed by atoms with E-state index in [9.17, 15) is 4.39 Å². The number of piperidine rings is 1. The standard InChI is InChI=1S/C20H22F2N4O/c21-18-7-2-14(11-27-13-23)19-17(18)10-26(25-19)16-5-3-15(4-6-16)20(22)8-1-9-24-12-20/h2-7,10,24H,1,8-9,11-13,23H2/t20-/m0/s1. The van der Waals surface area contributed by atoms with E-state index in [-0.39, 0.29) is 19.2 Å². The van der Waals surface area contributed by atoms with E-state index in [0.717, 1.165) is 24.2 Å². The van der Waals surface area contributed by atoms with Crippen LogP contribution in [0.2, 0.25) is 0 Å². The van der Waals surface area contributed by atoms with Gasteiger partial charge in [0, 0.05) is 18.3 Å². The van der Waals surface area contributed by atoms with E-state index in [2.05, 4.69) is 10.4 Å². The largest absolute Gasteiger partial charge is 0.362 e. The first-order chi connectivity index (χ1) is 13.1. The van der Waals surface area contributed by atoms with Gasteiger partial charge in [-0.1, -0.05) is 18.2 Å². The molecule has 2 aromatic carbocycles. The SMILES string of the molecule is NCOCc1ccc(F)c2cn(-c3ccc([C@]4(F)CCCNC4)cc3)nc12. The maximum atomic E-state index is 15.1. The highest BCUT2D eigenvalue weighted by molar-refractivity contribution is 5.82. The first-order valence-electron chi connectivity index (χ1n) is 9.06. The minimum atomic E-state index is -1.34. The van der Waals surface area contributed by atoms with Crippen molar-refractivity contribution >= 4 is 10.9 Å². The summed E-state index contributed by atoms with van der Waals surface area (Å²) in [5, 5.41) is 8.03. The molecule has 0 saturated carbocycles. The monoisotopic (exact) mass is 372 g/mol. The van der Waals surface area contributed by atoms with Gasteiger partial charge in [0.15, 0.2) is 0 Å². The Morgan fingerprint density at radius 2 is 2.04 bits per heavy atom. The van der Waals surface area contributed by atoms with Gasteiger partial charge in [0.25, 0.3) is 0 Å². The summed E-state index contributed by atoms with van der Waals surface area (Å²) in [6, 6.07) is 10.2. The van der Waals surface area contributed by atoms with Gasteiger partial charge in [0.1, 0.15) is 17.0 Å². The molecule has 0 unspecified atom stereocenters. The number of alkyl halides is 1. The number of halogens is 2. The van der Waals surface area contributed by atoms with Gasteiger partial charge >= 0.3 is 0 Å². The molecule has 3 N–H and O–H groups in total. The van der Waals surface area contributed by atoms with Gasteiger partial charge in [-0.3, -0.25) is 0 Å². The second kappa shape index (κ2) is 7.34. The van der Waals surface area contributed by atoms with Crippen LogP contribution in [-0.2, 0) is 17.0 Å². The highest BCUT2D eigenvalue weighted by atomic mass is 19.1. The van der Waals surface area contributed by atoms with Crippen molar-refractivity contribution in [2.75, 3.05) is 19.8 Å². The fourth-order valence-electron chi connectivity index (χ4n) is 3.57. The molecule has 1 fully saturated rings. The first-order valence-corrected chi connectivity index (χ1v) is 9.06. The number of hydrogen-bond acceptors (Lipinski definition) is 4. The number of ether oxygens (including phenoxy) is 1. The molecule has 1 atom stereocenters. The highest BCUT2D eigenvalue weighted by Crippen LogP contribution is 2.33. The van der Waals surface area contributed by atoms with Crippen molar-refractivity contribution in [3.8, 4) is 5.69 Å². The summed E-state index contributed by atoms with van der Waals surface area (Å²) in [5.74, 6) is -0.347.